The molecule has 0 aliphatic carbocycles. The first kappa shape index (κ1) is 10.8. The molecule has 0 aliphatic heterocycles. The van der Waals surface area contributed by atoms with Crippen LogP contribution in [0.2, 0.25) is 0 Å². The van der Waals surface area contributed by atoms with Gasteiger partial charge in [-0.25, -0.2) is 0 Å². The second kappa shape index (κ2) is 7.16. The van der Waals surface area contributed by atoms with Gasteiger partial charge in [0, 0.05) is 5.88 Å². The van der Waals surface area contributed by atoms with E-state index in [0.717, 1.165) is 5.56 Å². The Hall–Kier alpha value is -1.27. The number of benzene rings is 2. The van der Waals surface area contributed by atoms with Gasteiger partial charge in [0.15, 0.2) is 0 Å². The smallest absolute Gasteiger partial charge is 0.0474 e. The van der Waals surface area contributed by atoms with Crippen LogP contribution in [0.25, 0.3) is 0 Å². The molecule has 2 aromatic rings. The molecule has 0 N–H and O–H groups in total. The highest BCUT2D eigenvalue weighted by molar-refractivity contribution is 6.17. The van der Waals surface area contributed by atoms with Gasteiger partial charge in [0.2, 0.25) is 0 Å². The first-order valence-corrected chi connectivity index (χ1v) is 4.89. The molecule has 0 spiro atoms. The lowest BCUT2D eigenvalue weighted by molar-refractivity contribution is 1.40. The summed E-state index contributed by atoms with van der Waals surface area (Å²) in [5, 5.41) is 0. The quantitative estimate of drug-likeness (QED) is 0.619. The summed E-state index contributed by atoms with van der Waals surface area (Å²) in [5.74, 6) is 0.592. The summed E-state index contributed by atoms with van der Waals surface area (Å²) in [6.07, 6.45) is 0. The van der Waals surface area contributed by atoms with Crippen molar-refractivity contribution in [3.05, 3.63) is 72.3 Å². The summed E-state index contributed by atoms with van der Waals surface area (Å²) >= 11 is 5.51. The third-order valence-electron chi connectivity index (χ3n) is 1.55. The van der Waals surface area contributed by atoms with E-state index in [1.54, 1.807) is 0 Å². The molecular formula is C13H11Cl. The Kier molecular flexibility index (Phi) is 5.53. The first-order chi connectivity index (χ1) is 6.93. The van der Waals surface area contributed by atoms with Gasteiger partial charge >= 0.3 is 0 Å². The SMILES string of the molecule is ClCc1cc[c]cc1.[c]1ccccc1. The molecule has 0 aliphatic rings. The number of hydrogen-bond acceptors (Lipinski definition) is 0. The largest absolute Gasteiger partial charge is 0.122 e. The van der Waals surface area contributed by atoms with Gasteiger partial charge in [-0.05, 0) is 17.7 Å². The van der Waals surface area contributed by atoms with E-state index in [2.05, 4.69) is 12.1 Å². The van der Waals surface area contributed by atoms with E-state index in [-0.39, 0.29) is 0 Å². The van der Waals surface area contributed by atoms with Gasteiger partial charge in [-0.2, -0.15) is 0 Å². The van der Waals surface area contributed by atoms with Gasteiger partial charge in [-0.1, -0.05) is 54.6 Å². The van der Waals surface area contributed by atoms with Crippen LogP contribution in [0.15, 0.2) is 54.6 Å². The van der Waals surface area contributed by atoms with Gasteiger partial charge in [0.1, 0.15) is 0 Å². The Bertz CT molecular complexity index is 289. The Morgan fingerprint density at radius 2 is 1.43 bits per heavy atom. The molecule has 0 amide bonds. The van der Waals surface area contributed by atoms with E-state index < -0.39 is 0 Å². The van der Waals surface area contributed by atoms with Crippen LogP contribution in [0.1, 0.15) is 5.56 Å². The molecular weight excluding hydrogens is 192 g/mol. The van der Waals surface area contributed by atoms with E-state index in [0.29, 0.717) is 5.88 Å². The first-order valence-electron chi connectivity index (χ1n) is 4.35. The fraction of sp³-hybridized carbons (Fsp3) is 0.0769. The molecule has 2 radical (unpaired) electrons. The van der Waals surface area contributed by atoms with E-state index in [9.17, 15) is 0 Å². The summed E-state index contributed by atoms with van der Waals surface area (Å²) in [5.41, 5.74) is 1.14. The zero-order valence-electron chi connectivity index (χ0n) is 7.78. The van der Waals surface area contributed by atoms with Crippen LogP contribution in [-0.2, 0) is 5.88 Å². The van der Waals surface area contributed by atoms with Crippen molar-refractivity contribution in [2.45, 2.75) is 5.88 Å². The maximum absolute atomic E-state index is 5.51. The predicted molar refractivity (Wildman–Crippen MR) is 60.1 cm³/mol. The lowest BCUT2D eigenvalue weighted by Crippen LogP contribution is -1.71. The van der Waals surface area contributed by atoms with E-state index in [4.69, 9.17) is 11.6 Å². The van der Waals surface area contributed by atoms with E-state index in [1.807, 2.05) is 54.6 Å². The Balaban J connectivity index is 0.000000146. The fourth-order valence-corrected chi connectivity index (χ4v) is 1.03. The van der Waals surface area contributed by atoms with Gasteiger partial charge in [-0.3, -0.25) is 0 Å². The van der Waals surface area contributed by atoms with E-state index >= 15 is 0 Å². The summed E-state index contributed by atoms with van der Waals surface area (Å²) in [7, 11) is 0. The molecule has 0 aromatic heterocycles. The summed E-state index contributed by atoms with van der Waals surface area (Å²) in [6, 6.07) is 23.0. The van der Waals surface area contributed by atoms with Crippen molar-refractivity contribution < 1.29 is 0 Å². The lowest BCUT2D eigenvalue weighted by Gasteiger charge is -1.87. The Labute approximate surface area is 90.2 Å². The second-order valence-electron chi connectivity index (χ2n) is 2.62. The van der Waals surface area contributed by atoms with Gasteiger partial charge in [-0.15, -0.1) is 11.6 Å². The maximum Gasteiger partial charge on any atom is 0.0474 e. The molecule has 70 valence electrons. The third kappa shape index (κ3) is 4.68. The van der Waals surface area contributed by atoms with Crippen molar-refractivity contribution in [2.75, 3.05) is 0 Å². The Morgan fingerprint density at radius 3 is 1.71 bits per heavy atom. The number of hydrogen-bond donors (Lipinski definition) is 0. The summed E-state index contributed by atoms with van der Waals surface area (Å²) in [6.45, 7) is 0. The summed E-state index contributed by atoms with van der Waals surface area (Å²) in [4.78, 5) is 0. The van der Waals surface area contributed by atoms with Crippen molar-refractivity contribution in [3.8, 4) is 0 Å². The molecule has 0 saturated carbocycles. The van der Waals surface area contributed by atoms with Gasteiger partial charge in [0.05, 0.1) is 0 Å². The van der Waals surface area contributed by atoms with Crippen molar-refractivity contribution >= 4 is 11.6 Å². The average Bonchev–Trinajstić information content (AvgIpc) is 2.33. The summed E-state index contributed by atoms with van der Waals surface area (Å²) < 4.78 is 0. The van der Waals surface area contributed by atoms with Crippen molar-refractivity contribution in [3.63, 3.8) is 0 Å². The zero-order chi connectivity index (χ0) is 10.1. The van der Waals surface area contributed by atoms with Crippen LogP contribution in [0, 0.1) is 12.1 Å². The molecule has 0 nitrogen and oxygen atoms in total. The topological polar surface area (TPSA) is 0 Å². The average molecular weight is 203 g/mol. The van der Waals surface area contributed by atoms with Crippen LogP contribution >= 0.6 is 11.6 Å². The standard InChI is InChI=1S/C7H6Cl.C6H5/c8-6-7-4-2-1-3-5-7;1-2-4-6-5-3-1/h2-5H,6H2;1-5H. The normalized spacial score (nSPS) is 8.64. The third-order valence-corrected chi connectivity index (χ3v) is 1.86. The van der Waals surface area contributed by atoms with Crippen LogP contribution < -0.4 is 0 Å². The molecule has 0 fully saturated rings. The van der Waals surface area contributed by atoms with Crippen LogP contribution in [0.4, 0.5) is 0 Å². The zero-order valence-corrected chi connectivity index (χ0v) is 8.54. The van der Waals surface area contributed by atoms with Crippen molar-refractivity contribution in [2.24, 2.45) is 0 Å². The monoisotopic (exact) mass is 202 g/mol. The molecule has 2 aromatic carbocycles. The van der Waals surface area contributed by atoms with Gasteiger partial charge < -0.3 is 0 Å². The minimum absolute atomic E-state index is 0.592. The lowest BCUT2D eigenvalue weighted by atomic mass is 10.2. The minimum Gasteiger partial charge on any atom is -0.122 e. The molecule has 0 heterocycles. The molecule has 1 heteroatoms. The molecule has 14 heavy (non-hydrogen) atoms. The predicted octanol–water partition coefficient (Wildman–Crippen LogP) is 3.71. The minimum atomic E-state index is 0.592. The molecule has 0 bridgehead atoms. The highest BCUT2D eigenvalue weighted by atomic mass is 35.5. The molecule has 2 rings (SSSR count). The molecule has 0 unspecified atom stereocenters. The highest BCUT2D eigenvalue weighted by Crippen LogP contribution is 2.00. The van der Waals surface area contributed by atoms with Gasteiger partial charge in [0.25, 0.3) is 0 Å². The fourth-order valence-electron chi connectivity index (χ4n) is 0.852. The number of halogens is 1. The maximum atomic E-state index is 5.51. The van der Waals surface area contributed by atoms with Crippen LogP contribution in [0.3, 0.4) is 0 Å². The number of rotatable bonds is 1. The number of alkyl halides is 1. The van der Waals surface area contributed by atoms with E-state index in [1.165, 1.54) is 0 Å². The highest BCUT2D eigenvalue weighted by Gasteiger charge is 1.81. The molecule has 0 saturated heterocycles. The van der Waals surface area contributed by atoms with Crippen molar-refractivity contribution in [1.82, 2.24) is 0 Å². The second-order valence-corrected chi connectivity index (χ2v) is 2.89. The van der Waals surface area contributed by atoms with Crippen LogP contribution in [0.5, 0.6) is 0 Å². The molecule has 0 atom stereocenters. The van der Waals surface area contributed by atoms with Crippen LogP contribution in [-0.4, -0.2) is 0 Å². The Morgan fingerprint density at radius 1 is 0.857 bits per heavy atom. The van der Waals surface area contributed by atoms with Crippen molar-refractivity contribution in [1.29, 1.82) is 0 Å².